The van der Waals surface area contributed by atoms with Gasteiger partial charge in [-0.1, -0.05) is 39.8 Å². The SMILES string of the molecule is CC(CC(C)(C)C)c1cccc(O)c1. The minimum absolute atomic E-state index is 0.338. The first-order chi connectivity index (χ1) is 6.38. The quantitative estimate of drug-likeness (QED) is 0.752. The van der Waals surface area contributed by atoms with Crippen LogP contribution in [0.5, 0.6) is 5.75 Å². The van der Waals surface area contributed by atoms with Gasteiger partial charge in [-0.15, -0.1) is 0 Å². The summed E-state index contributed by atoms with van der Waals surface area (Å²) in [5.41, 5.74) is 1.56. The maximum Gasteiger partial charge on any atom is 0.115 e. The van der Waals surface area contributed by atoms with E-state index in [9.17, 15) is 5.11 Å². The molecule has 0 saturated carbocycles. The maximum atomic E-state index is 9.36. The van der Waals surface area contributed by atoms with Crippen molar-refractivity contribution in [3.05, 3.63) is 29.8 Å². The van der Waals surface area contributed by atoms with E-state index in [0.717, 1.165) is 6.42 Å². The van der Waals surface area contributed by atoms with Gasteiger partial charge in [0.25, 0.3) is 0 Å². The van der Waals surface area contributed by atoms with Gasteiger partial charge < -0.3 is 5.11 Å². The first-order valence-corrected chi connectivity index (χ1v) is 5.17. The molecule has 0 aliphatic rings. The molecule has 0 aliphatic heterocycles. The van der Waals surface area contributed by atoms with E-state index >= 15 is 0 Å². The van der Waals surface area contributed by atoms with Crippen LogP contribution in [-0.4, -0.2) is 5.11 Å². The number of benzene rings is 1. The number of phenolic OH excluding ortho intramolecular Hbond substituents is 1. The maximum absolute atomic E-state index is 9.36. The molecule has 78 valence electrons. The molecule has 0 saturated heterocycles. The van der Waals surface area contributed by atoms with Gasteiger partial charge in [-0.2, -0.15) is 0 Å². The van der Waals surface area contributed by atoms with Crippen LogP contribution in [-0.2, 0) is 0 Å². The summed E-state index contributed by atoms with van der Waals surface area (Å²) in [6, 6.07) is 7.56. The molecule has 0 radical (unpaired) electrons. The van der Waals surface area contributed by atoms with Crippen molar-refractivity contribution >= 4 is 0 Å². The van der Waals surface area contributed by atoms with Crippen LogP contribution in [0.2, 0.25) is 0 Å². The first kappa shape index (κ1) is 11.1. The van der Waals surface area contributed by atoms with Crippen LogP contribution >= 0.6 is 0 Å². The van der Waals surface area contributed by atoms with E-state index in [1.54, 1.807) is 6.07 Å². The Labute approximate surface area is 86.8 Å². The molecule has 0 spiro atoms. The van der Waals surface area contributed by atoms with Crippen LogP contribution in [0.25, 0.3) is 0 Å². The normalized spacial score (nSPS) is 14.0. The van der Waals surface area contributed by atoms with Crippen molar-refractivity contribution in [2.75, 3.05) is 0 Å². The van der Waals surface area contributed by atoms with Crippen molar-refractivity contribution in [1.82, 2.24) is 0 Å². The predicted molar refractivity (Wildman–Crippen MR) is 60.6 cm³/mol. The predicted octanol–water partition coefficient (Wildman–Crippen LogP) is 3.93. The standard InChI is InChI=1S/C13H20O/c1-10(9-13(2,3)4)11-6-5-7-12(14)8-11/h5-8,10,14H,9H2,1-4H3. The summed E-state index contributed by atoms with van der Waals surface area (Å²) >= 11 is 0. The smallest absolute Gasteiger partial charge is 0.115 e. The van der Waals surface area contributed by atoms with E-state index in [1.807, 2.05) is 12.1 Å². The van der Waals surface area contributed by atoms with Gasteiger partial charge in [-0.3, -0.25) is 0 Å². The van der Waals surface area contributed by atoms with E-state index in [0.29, 0.717) is 17.1 Å². The molecule has 1 aromatic rings. The lowest BCUT2D eigenvalue weighted by atomic mass is 9.82. The number of hydrogen-bond acceptors (Lipinski definition) is 1. The van der Waals surface area contributed by atoms with E-state index < -0.39 is 0 Å². The fraction of sp³-hybridized carbons (Fsp3) is 0.538. The molecule has 0 fully saturated rings. The molecular formula is C13H20O. The van der Waals surface area contributed by atoms with Crippen molar-refractivity contribution in [2.24, 2.45) is 5.41 Å². The number of rotatable bonds is 2. The van der Waals surface area contributed by atoms with E-state index in [-0.39, 0.29) is 0 Å². The Balaban J connectivity index is 2.74. The molecule has 1 rings (SSSR count). The summed E-state index contributed by atoms with van der Waals surface area (Å²) in [4.78, 5) is 0. The van der Waals surface area contributed by atoms with Gasteiger partial charge in [0.05, 0.1) is 0 Å². The molecule has 0 aromatic heterocycles. The molecule has 1 atom stereocenters. The Morgan fingerprint density at radius 1 is 1.29 bits per heavy atom. The lowest BCUT2D eigenvalue weighted by Gasteiger charge is -2.23. The zero-order chi connectivity index (χ0) is 10.8. The van der Waals surface area contributed by atoms with Crippen LogP contribution in [0.15, 0.2) is 24.3 Å². The largest absolute Gasteiger partial charge is 0.508 e. The van der Waals surface area contributed by atoms with Crippen LogP contribution in [0, 0.1) is 5.41 Å². The van der Waals surface area contributed by atoms with E-state index in [1.165, 1.54) is 5.56 Å². The third kappa shape index (κ3) is 3.41. The molecule has 1 N–H and O–H groups in total. The summed E-state index contributed by atoms with van der Waals surface area (Å²) in [6.45, 7) is 8.94. The average Bonchev–Trinajstić information content (AvgIpc) is 2.01. The summed E-state index contributed by atoms with van der Waals surface area (Å²) in [5.74, 6) is 0.866. The highest BCUT2D eigenvalue weighted by Crippen LogP contribution is 2.31. The molecule has 1 unspecified atom stereocenters. The molecular weight excluding hydrogens is 172 g/mol. The van der Waals surface area contributed by atoms with Crippen LogP contribution in [0.1, 0.15) is 45.6 Å². The van der Waals surface area contributed by atoms with Gasteiger partial charge >= 0.3 is 0 Å². The van der Waals surface area contributed by atoms with Crippen LogP contribution in [0.4, 0.5) is 0 Å². The van der Waals surface area contributed by atoms with Gasteiger partial charge in [0.2, 0.25) is 0 Å². The van der Waals surface area contributed by atoms with Gasteiger partial charge in [0.15, 0.2) is 0 Å². The van der Waals surface area contributed by atoms with Crippen molar-refractivity contribution < 1.29 is 5.11 Å². The molecule has 1 heteroatoms. The number of hydrogen-bond donors (Lipinski definition) is 1. The Hall–Kier alpha value is -0.980. The highest BCUT2D eigenvalue weighted by molar-refractivity contribution is 5.29. The van der Waals surface area contributed by atoms with Crippen LogP contribution in [0.3, 0.4) is 0 Å². The molecule has 1 nitrogen and oxygen atoms in total. The van der Waals surface area contributed by atoms with Crippen molar-refractivity contribution in [3.63, 3.8) is 0 Å². The molecule has 0 heterocycles. The van der Waals surface area contributed by atoms with Gasteiger partial charge in [-0.25, -0.2) is 0 Å². The van der Waals surface area contributed by atoms with Crippen molar-refractivity contribution in [1.29, 1.82) is 0 Å². The summed E-state index contributed by atoms with van der Waals surface area (Å²) in [7, 11) is 0. The lowest BCUT2D eigenvalue weighted by Crippen LogP contribution is -2.09. The summed E-state index contributed by atoms with van der Waals surface area (Å²) in [6.07, 6.45) is 1.14. The average molecular weight is 192 g/mol. The van der Waals surface area contributed by atoms with Crippen molar-refractivity contribution in [2.45, 2.75) is 40.0 Å². The summed E-state index contributed by atoms with van der Waals surface area (Å²) in [5, 5.41) is 9.36. The van der Waals surface area contributed by atoms with Gasteiger partial charge in [-0.05, 0) is 35.4 Å². The third-order valence-electron chi connectivity index (χ3n) is 2.36. The van der Waals surface area contributed by atoms with E-state index in [2.05, 4.69) is 33.8 Å². The molecule has 1 aromatic carbocycles. The number of aromatic hydroxyl groups is 1. The topological polar surface area (TPSA) is 20.2 Å². The summed E-state index contributed by atoms with van der Waals surface area (Å²) < 4.78 is 0. The molecule has 14 heavy (non-hydrogen) atoms. The fourth-order valence-electron chi connectivity index (χ4n) is 1.87. The van der Waals surface area contributed by atoms with Gasteiger partial charge in [0, 0.05) is 0 Å². The van der Waals surface area contributed by atoms with Crippen molar-refractivity contribution in [3.8, 4) is 5.75 Å². The second-order valence-corrected chi connectivity index (χ2v) is 5.26. The Morgan fingerprint density at radius 2 is 1.93 bits per heavy atom. The first-order valence-electron chi connectivity index (χ1n) is 5.17. The fourth-order valence-corrected chi connectivity index (χ4v) is 1.87. The Bertz CT molecular complexity index is 296. The highest BCUT2D eigenvalue weighted by atomic mass is 16.3. The zero-order valence-electron chi connectivity index (χ0n) is 9.54. The zero-order valence-corrected chi connectivity index (χ0v) is 9.54. The Morgan fingerprint density at radius 3 is 2.43 bits per heavy atom. The highest BCUT2D eigenvalue weighted by Gasteiger charge is 2.16. The minimum Gasteiger partial charge on any atom is -0.508 e. The molecule has 0 aliphatic carbocycles. The lowest BCUT2D eigenvalue weighted by molar-refractivity contribution is 0.348. The Kier molecular flexibility index (Phi) is 3.20. The van der Waals surface area contributed by atoms with E-state index in [4.69, 9.17) is 0 Å². The van der Waals surface area contributed by atoms with Gasteiger partial charge in [0.1, 0.15) is 5.75 Å². The molecule has 0 bridgehead atoms. The van der Waals surface area contributed by atoms with Crippen LogP contribution < -0.4 is 0 Å². The minimum atomic E-state index is 0.338. The third-order valence-corrected chi connectivity index (χ3v) is 2.36. The molecule has 0 amide bonds. The second kappa shape index (κ2) is 4.04. The monoisotopic (exact) mass is 192 g/mol. The number of phenols is 1. The second-order valence-electron chi connectivity index (χ2n) is 5.26.